The molecule has 0 bridgehead atoms. The third-order valence-electron chi connectivity index (χ3n) is 4.80. The van der Waals surface area contributed by atoms with Gasteiger partial charge in [-0.1, -0.05) is 6.08 Å². The van der Waals surface area contributed by atoms with Gasteiger partial charge in [0.05, 0.1) is 12.6 Å². The second kappa shape index (κ2) is 6.93. The molecular formula is C19H24N2O. The molecule has 0 saturated carbocycles. The Morgan fingerprint density at radius 1 is 1.41 bits per heavy atom. The van der Waals surface area contributed by atoms with Crippen LogP contribution in [0.1, 0.15) is 18.4 Å². The summed E-state index contributed by atoms with van der Waals surface area (Å²) in [6, 6.07) is 8.26. The minimum absolute atomic E-state index is 0.594. The van der Waals surface area contributed by atoms with E-state index in [0.29, 0.717) is 5.92 Å². The van der Waals surface area contributed by atoms with Crippen LogP contribution in [0.5, 0.6) is 5.75 Å². The molecule has 2 heterocycles. The van der Waals surface area contributed by atoms with Crippen LogP contribution in [0.2, 0.25) is 0 Å². The fourth-order valence-corrected chi connectivity index (χ4v) is 3.44. The number of piperidine rings is 1. The lowest BCUT2D eigenvalue weighted by Gasteiger charge is -2.30. The molecule has 0 radical (unpaired) electrons. The van der Waals surface area contributed by atoms with Crippen molar-refractivity contribution in [3.63, 3.8) is 0 Å². The molecule has 1 aliphatic heterocycles. The van der Waals surface area contributed by atoms with Gasteiger partial charge in [0.2, 0.25) is 0 Å². The van der Waals surface area contributed by atoms with Crippen LogP contribution in [-0.2, 0) is 6.42 Å². The van der Waals surface area contributed by atoms with E-state index < -0.39 is 0 Å². The summed E-state index contributed by atoms with van der Waals surface area (Å²) in [4.78, 5) is 4.46. The van der Waals surface area contributed by atoms with Gasteiger partial charge < -0.3 is 10.1 Å². The maximum absolute atomic E-state index is 5.36. The minimum Gasteiger partial charge on any atom is -0.497 e. The predicted molar refractivity (Wildman–Crippen MR) is 91.3 cm³/mol. The van der Waals surface area contributed by atoms with Crippen LogP contribution in [0.3, 0.4) is 0 Å². The topological polar surface area (TPSA) is 34.2 Å². The first kappa shape index (κ1) is 15.0. The highest BCUT2D eigenvalue weighted by Gasteiger charge is 2.22. The number of nitrogens with one attached hydrogen (secondary N) is 1. The number of fused-ring (bicyclic) bond motifs is 1. The average Bonchev–Trinajstić information content (AvgIpc) is 2.59. The van der Waals surface area contributed by atoms with Crippen LogP contribution in [0.4, 0.5) is 0 Å². The average molecular weight is 296 g/mol. The van der Waals surface area contributed by atoms with Gasteiger partial charge in [0.1, 0.15) is 5.75 Å². The standard InChI is InChI=1S/C19H24N2O/c1-3-14-13-20-10-8-15(14)4-5-16-9-11-21-19-7-6-17(22-2)12-18(16)19/h3,6-7,9,11-12,14-15,20H,1,4-5,8,10,13H2,2H3/t14-,15?/m1/s1. The summed E-state index contributed by atoms with van der Waals surface area (Å²) >= 11 is 0. The smallest absolute Gasteiger partial charge is 0.119 e. The summed E-state index contributed by atoms with van der Waals surface area (Å²) in [5.74, 6) is 2.22. The predicted octanol–water partition coefficient (Wildman–Crippen LogP) is 3.59. The summed E-state index contributed by atoms with van der Waals surface area (Å²) in [5.41, 5.74) is 2.41. The molecule has 1 aliphatic rings. The number of ether oxygens (including phenoxy) is 1. The van der Waals surface area contributed by atoms with E-state index in [1.807, 2.05) is 18.3 Å². The maximum atomic E-state index is 5.36. The van der Waals surface area contributed by atoms with Crippen molar-refractivity contribution in [3.05, 3.63) is 48.7 Å². The van der Waals surface area contributed by atoms with Crippen LogP contribution >= 0.6 is 0 Å². The molecule has 3 rings (SSSR count). The molecule has 1 fully saturated rings. The number of aromatic nitrogens is 1. The molecule has 116 valence electrons. The first-order valence-electron chi connectivity index (χ1n) is 8.06. The van der Waals surface area contributed by atoms with Gasteiger partial charge >= 0.3 is 0 Å². The van der Waals surface area contributed by atoms with Crippen molar-refractivity contribution in [1.29, 1.82) is 0 Å². The summed E-state index contributed by atoms with van der Waals surface area (Å²) < 4.78 is 5.36. The Hall–Kier alpha value is -1.87. The first-order valence-corrected chi connectivity index (χ1v) is 8.06. The molecule has 2 atom stereocenters. The molecule has 3 heteroatoms. The molecule has 0 spiro atoms. The van der Waals surface area contributed by atoms with Gasteiger partial charge in [-0.15, -0.1) is 6.58 Å². The normalized spacial score (nSPS) is 21.7. The number of aryl methyl sites for hydroxylation is 1. The molecular weight excluding hydrogens is 272 g/mol. The van der Waals surface area contributed by atoms with Crippen LogP contribution < -0.4 is 10.1 Å². The lowest BCUT2D eigenvalue weighted by Crippen LogP contribution is -2.35. The fourth-order valence-electron chi connectivity index (χ4n) is 3.44. The molecule has 2 aromatic rings. The molecule has 1 saturated heterocycles. The fraction of sp³-hybridized carbons (Fsp3) is 0.421. The second-order valence-corrected chi connectivity index (χ2v) is 6.04. The lowest BCUT2D eigenvalue weighted by molar-refractivity contribution is 0.285. The zero-order valence-corrected chi connectivity index (χ0v) is 13.2. The van der Waals surface area contributed by atoms with Gasteiger partial charge in [0.15, 0.2) is 0 Å². The minimum atomic E-state index is 0.594. The van der Waals surface area contributed by atoms with Gasteiger partial charge in [-0.3, -0.25) is 4.98 Å². The van der Waals surface area contributed by atoms with E-state index >= 15 is 0 Å². The first-order chi connectivity index (χ1) is 10.8. The number of hydrogen-bond acceptors (Lipinski definition) is 3. The van der Waals surface area contributed by atoms with Crippen molar-refractivity contribution in [2.24, 2.45) is 11.8 Å². The van der Waals surface area contributed by atoms with Crippen LogP contribution in [0.25, 0.3) is 10.9 Å². The van der Waals surface area contributed by atoms with Gasteiger partial charge in [-0.05, 0) is 67.5 Å². The van der Waals surface area contributed by atoms with E-state index in [0.717, 1.165) is 36.7 Å². The quantitative estimate of drug-likeness (QED) is 0.856. The van der Waals surface area contributed by atoms with E-state index in [1.54, 1.807) is 7.11 Å². The number of pyridine rings is 1. The van der Waals surface area contributed by atoms with Crippen molar-refractivity contribution in [3.8, 4) is 5.75 Å². The highest BCUT2D eigenvalue weighted by Crippen LogP contribution is 2.28. The second-order valence-electron chi connectivity index (χ2n) is 6.04. The largest absolute Gasteiger partial charge is 0.497 e. The van der Waals surface area contributed by atoms with E-state index in [4.69, 9.17) is 4.74 Å². The zero-order chi connectivity index (χ0) is 15.4. The van der Waals surface area contributed by atoms with Crippen molar-refractivity contribution < 1.29 is 4.74 Å². The van der Waals surface area contributed by atoms with Crippen LogP contribution in [0.15, 0.2) is 43.1 Å². The Bertz CT molecular complexity index is 653. The number of methoxy groups -OCH3 is 1. The Morgan fingerprint density at radius 2 is 2.32 bits per heavy atom. The molecule has 0 amide bonds. The van der Waals surface area contributed by atoms with Gasteiger partial charge in [-0.25, -0.2) is 0 Å². The van der Waals surface area contributed by atoms with Crippen molar-refractivity contribution in [2.75, 3.05) is 20.2 Å². The maximum Gasteiger partial charge on any atom is 0.119 e. The Balaban J connectivity index is 1.79. The Morgan fingerprint density at radius 3 is 3.14 bits per heavy atom. The lowest BCUT2D eigenvalue weighted by atomic mass is 9.82. The van der Waals surface area contributed by atoms with Gasteiger partial charge in [0, 0.05) is 18.1 Å². The van der Waals surface area contributed by atoms with E-state index in [-0.39, 0.29) is 0 Å². The summed E-state index contributed by atoms with van der Waals surface area (Å²) in [7, 11) is 1.71. The zero-order valence-electron chi connectivity index (χ0n) is 13.2. The number of benzene rings is 1. The molecule has 1 aromatic carbocycles. The Labute approximate surface area is 132 Å². The monoisotopic (exact) mass is 296 g/mol. The molecule has 0 aliphatic carbocycles. The highest BCUT2D eigenvalue weighted by atomic mass is 16.5. The third-order valence-corrected chi connectivity index (χ3v) is 4.80. The van der Waals surface area contributed by atoms with Crippen molar-refractivity contribution in [1.82, 2.24) is 10.3 Å². The van der Waals surface area contributed by atoms with Gasteiger partial charge in [0.25, 0.3) is 0 Å². The van der Waals surface area contributed by atoms with Crippen LogP contribution in [0, 0.1) is 11.8 Å². The molecule has 22 heavy (non-hydrogen) atoms. The molecule has 1 aromatic heterocycles. The number of nitrogens with zero attached hydrogens (tertiary/aromatic N) is 1. The highest BCUT2D eigenvalue weighted by molar-refractivity contribution is 5.83. The molecule has 1 N–H and O–H groups in total. The van der Waals surface area contributed by atoms with Crippen molar-refractivity contribution in [2.45, 2.75) is 19.3 Å². The van der Waals surface area contributed by atoms with E-state index in [1.165, 1.54) is 23.8 Å². The van der Waals surface area contributed by atoms with E-state index in [2.05, 4.69) is 35.1 Å². The number of rotatable bonds is 5. The number of hydrogen-bond donors (Lipinski definition) is 1. The Kier molecular flexibility index (Phi) is 4.74. The summed E-state index contributed by atoms with van der Waals surface area (Å²) in [5, 5.41) is 4.67. The van der Waals surface area contributed by atoms with Crippen LogP contribution in [-0.4, -0.2) is 25.2 Å². The third kappa shape index (κ3) is 3.14. The molecule has 1 unspecified atom stereocenters. The SMILES string of the molecule is C=C[C@@H]1CNCCC1CCc1ccnc2ccc(OC)cc12. The van der Waals surface area contributed by atoms with Gasteiger partial charge in [-0.2, -0.15) is 0 Å². The summed E-state index contributed by atoms with van der Waals surface area (Å²) in [6.07, 6.45) is 7.56. The summed E-state index contributed by atoms with van der Waals surface area (Å²) in [6.45, 7) is 6.19. The molecule has 3 nitrogen and oxygen atoms in total. The van der Waals surface area contributed by atoms with Crippen molar-refractivity contribution >= 4 is 10.9 Å². The van der Waals surface area contributed by atoms with E-state index in [9.17, 15) is 0 Å².